The number of hydrogen-bond acceptors (Lipinski definition) is 4. The average molecular weight is 213 g/mol. The second-order valence-electron chi connectivity index (χ2n) is 3.71. The number of halogens is 1. The Morgan fingerprint density at radius 1 is 1.43 bits per heavy atom. The van der Waals surface area contributed by atoms with Crippen LogP contribution in [0.5, 0.6) is 0 Å². The van der Waals surface area contributed by atoms with Crippen LogP contribution < -0.4 is 0 Å². The molecule has 1 aromatic heterocycles. The molecule has 1 aliphatic rings. The van der Waals surface area contributed by atoms with Crippen LogP contribution in [0.1, 0.15) is 24.6 Å². The number of piperidine rings is 1. The zero-order chi connectivity index (χ0) is 9.97. The molecule has 2 heterocycles. The van der Waals surface area contributed by atoms with Crippen LogP contribution in [-0.2, 0) is 0 Å². The topological polar surface area (TPSA) is 41.9 Å². The lowest BCUT2D eigenvalue weighted by Gasteiger charge is -2.27. The van der Waals surface area contributed by atoms with Gasteiger partial charge < -0.3 is 4.90 Å². The fourth-order valence-corrected chi connectivity index (χ4v) is 1.87. The van der Waals surface area contributed by atoms with E-state index in [0.717, 1.165) is 31.8 Å². The SMILES string of the molecule is CN1CCC(c2nncc(Cl)n2)CC1. The smallest absolute Gasteiger partial charge is 0.155 e. The van der Waals surface area contributed by atoms with Gasteiger partial charge in [0.05, 0.1) is 6.20 Å². The van der Waals surface area contributed by atoms with Crippen molar-refractivity contribution in [2.45, 2.75) is 18.8 Å². The Kier molecular flexibility index (Phi) is 2.93. The summed E-state index contributed by atoms with van der Waals surface area (Å²) in [6, 6.07) is 0. The van der Waals surface area contributed by atoms with E-state index in [1.165, 1.54) is 6.20 Å². The van der Waals surface area contributed by atoms with Gasteiger partial charge in [-0.2, -0.15) is 5.10 Å². The number of hydrogen-bond donors (Lipinski definition) is 0. The maximum atomic E-state index is 5.77. The molecule has 0 radical (unpaired) electrons. The van der Waals surface area contributed by atoms with E-state index in [9.17, 15) is 0 Å². The van der Waals surface area contributed by atoms with Crippen molar-refractivity contribution in [2.24, 2.45) is 0 Å². The van der Waals surface area contributed by atoms with Gasteiger partial charge in [-0.15, -0.1) is 5.10 Å². The van der Waals surface area contributed by atoms with Gasteiger partial charge in [-0.3, -0.25) is 0 Å². The summed E-state index contributed by atoms with van der Waals surface area (Å²) in [6.45, 7) is 2.20. The lowest BCUT2D eigenvalue weighted by atomic mass is 9.96. The highest BCUT2D eigenvalue weighted by Gasteiger charge is 2.21. The van der Waals surface area contributed by atoms with Crippen LogP contribution in [0.2, 0.25) is 5.15 Å². The molecule has 0 unspecified atom stereocenters. The fraction of sp³-hybridized carbons (Fsp3) is 0.667. The minimum Gasteiger partial charge on any atom is -0.306 e. The first-order valence-corrected chi connectivity index (χ1v) is 5.17. The second kappa shape index (κ2) is 4.19. The largest absolute Gasteiger partial charge is 0.306 e. The Morgan fingerprint density at radius 2 is 2.14 bits per heavy atom. The Labute approximate surface area is 88.3 Å². The van der Waals surface area contributed by atoms with Gasteiger partial charge in [0, 0.05) is 5.92 Å². The molecule has 0 N–H and O–H groups in total. The molecule has 0 saturated carbocycles. The number of nitrogens with zero attached hydrogens (tertiary/aromatic N) is 4. The van der Waals surface area contributed by atoms with Crippen molar-refractivity contribution in [3.05, 3.63) is 17.2 Å². The first kappa shape index (κ1) is 9.80. The van der Waals surface area contributed by atoms with E-state index < -0.39 is 0 Å². The highest BCUT2D eigenvalue weighted by atomic mass is 35.5. The maximum absolute atomic E-state index is 5.77. The minimum absolute atomic E-state index is 0.428. The molecule has 0 bridgehead atoms. The fourth-order valence-electron chi connectivity index (χ4n) is 1.74. The lowest BCUT2D eigenvalue weighted by Crippen LogP contribution is -2.30. The molecule has 4 nitrogen and oxygen atoms in total. The highest BCUT2D eigenvalue weighted by Crippen LogP contribution is 2.24. The van der Waals surface area contributed by atoms with E-state index in [4.69, 9.17) is 11.6 Å². The van der Waals surface area contributed by atoms with Gasteiger partial charge in [0.2, 0.25) is 0 Å². The first-order valence-electron chi connectivity index (χ1n) is 4.79. The molecule has 1 aliphatic heterocycles. The van der Waals surface area contributed by atoms with Gasteiger partial charge in [-0.05, 0) is 33.0 Å². The predicted octanol–water partition coefficient (Wildman–Crippen LogP) is 1.33. The Balaban J connectivity index is 2.08. The second-order valence-corrected chi connectivity index (χ2v) is 4.10. The highest BCUT2D eigenvalue weighted by molar-refractivity contribution is 6.29. The molecule has 1 saturated heterocycles. The van der Waals surface area contributed by atoms with Crippen LogP contribution in [-0.4, -0.2) is 40.2 Å². The van der Waals surface area contributed by atoms with Crippen molar-refractivity contribution in [1.82, 2.24) is 20.1 Å². The summed E-state index contributed by atoms with van der Waals surface area (Å²) in [5.41, 5.74) is 0. The third-order valence-electron chi connectivity index (χ3n) is 2.63. The van der Waals surface area contributed by atoms with Crippen LogP contribution in [0.15, 0.2) is 6.20 Å². The maximum Gasteiger partial charge on any atom is 0.155 e. The minimum atomic E-state index is 0.428. The van der Waals surface area contributed by atoms with Crippen LogP contribution in [0, 0.1) is 0 Å². The summed E-state index contributed by atoms with van der Waals surface area (Å²) in [7, 11) is 2.13. The lowest BCUT2D eigenvalue weighted by molar-refractivity contribution is 0.250. The first-order chi connectivity index (χ1) is 6.75. The Hall–Kier alpha value is -0.740. The quantitative estimate of drug-likeness (QED) is 0.705. The van der Waals surface area contributed by atoms with E-state index in [1.54, 1.807) is 0 Å². The molecule has 0 aromatic carbocycles. The summed E-state index contributed by atoms with van der Waals surface area (Å²) in [4.78, 5) is 6.51. The van der Waals surface area contributed by atoms with Gasteiger partial charge >= 0.3 is 0 Å². The third kappa shape index (κ3) is 2.19. The molecule has 5 heteroatoms. The number of rotatable bonds is 1. The molecule has 1 aromatic rings. The molecule has 0 amide bonds. The number of likely N-dealkylation sites (tertiary alicyclic amines) is 1. The predicted molar refractivity (Wildman–Crippen MR) is 54.3 cm³/mol. The van der Waals surface area contributed by atoms with Gasteiger partial charge in [0.25, 0.3) is 0 Å². The summed E-state index contributed by atoms with van der Waals surface area (Å²) < 4.78 is 0. The molecule has 76 valence electrons. The van der Waals surface area contributed by atoms with Crippen molar-refractivity contribution in [3.63, 3.8) is 0 Å². The average Bonchev–Trinajstić information content (AvgIpc) is 2.19. The van der Waals surface area contributed by atoms with Gasteiger partial charge in [0.1, 0.15) is 0 Å². The summed E-state index contributed by atoms with van der Waals surface area (Å²) in [5.74, 6) is 1.23. The van der Waals surface area contributed by atoms with Crippen molar-refractivity contribution in [3.8, 4) is 0 Å². The summed E-state index contributed by atoms with van der Waals surface area (Å²) >= 11 is 5.77. The molecule has 14 heavy (non-hydrogen) atoms. The summed E-state index contributed by atoms with van der Waals surface area (Å²) in [5, 5.41) is 8.28. The molecule has 1 fully saturated rings. The zero-order valence-corrected chi connectivity index (χ0v) is 8.91. The molecule has 0 spiro atoms. The van der Waals surface area contributed by atoms with E-state index in [0.29, 0.717) is 11.1 Å². The van der Waals surface area contributed by atoms with Crippen molar-refractivity contribution < 1.29 is 0 Å². The molecular weight excluding hydrogens is 200 g/mol. The van der Waals surface area contributed by atoms with Gasteiger partial charge in [-0.1, -0.05) is 11.6 Å². The van der Waals surface area contributed by atoms with E-state index >= 15 is 0 Å². The molecule has 0 aliphatic carbocycles. The standard InChI is InChI=1S/C9H13ClN4/c1-14-4-2-7(3-5-14)9-12-8(10)6-11-13-9/h6-7H,2-5H2,1H3. The van der Waals surface area contributed by atoms with Crippen LogP contribution in [0.3, 0.4) is 0 Å². The monoisotopic (exact) mass is 212 g/mol. The summed E-state index contributed by atoms with van der Waals surface area (Å²) in [6.07, 6.45) is 3.66. The van der Waals surface area contributed by atoms with E-state index in [-0.39, 0.29) is 0 Å². The Morgan fingerprint density at radius 3 is 2.79 bits per heavy atom. The molecule has 0 atom stereocenters. The van der Waals surface area contributed by atoms with Crippen LogP contribution in [0.4, 0.5) is 0 Å². The molecule has 2 rings (SSSR count). The van der Waals surface area contributed by atoms with Crippen LogP contribution in [0.25, 0.3) is 0 Å². The van der Waals surface area contributed by atoms with E-state index in [1.807, 2.05) is 0 Å². The third-order valence-corrected chi connectivity index (χ3v) is 2.81. The van der Waals surface area contributed by atoms with Crippen LogP contribution >= 0.6 is 11.6 Å². The molecular formula is C9H13ClN4. The Bertz CT molecular complexity index is 309. The normalized spacial score (nSPS) is 19.9. The van der Waals surface area contributed by atoms with Gasteiger partial charge in [0.15, 0.2) is 11.0 Å². The van der Waals surface area contributed by atoms with Crippen molar-refractivity contribution >= 4 is 11.6 Å². The zero-order valence-electron chi connectivity index (χ0n) is 8.15. The van der Waals surface area contributed by atoms with Crippen molar-refractivity contribution in [2.75, 3.05) is 20.1 Å². The van der Waals surface area contributed by atoms with Crippen molar-refractivity contribution in [1.29, 1.82) is 0 Å². The van der Waals surface area contributed by atoms with E-state index in [2.05, 4.69) is 27.1 Å². The van der Waals surface area contributed by atoms with Gasteiger partial charge in [-0.25, -0.2) is 4.98 Å². The number of aromatic nitrogens is 3.